The number of unbranched alkanes of at least 4 members (excludes halogenated alkanes) is 1. The van der Waals surface area contributed by atoms with Crippen molar-refractivity contribution in [2.24, 2.45) is 10.9 Å². The van der Waals surface area contributed by atoms with Gasteiger partial charge in [-0.05, 0) is 32.5 Å². The summed E-state index contributed by atoms with van der Waals surface area (Å²) in [6.07, 6.45) is 4.13. The maximum absolute atomic E-state index is 8.35. The summed E-state index contributed by atoms with van der Waals surface area (Å²) in [6, 6.07) is 0. The van der Waals surface area contributed by atoms with Crippen molar-refractivity contribution in [2.45, 2.75) is 39.5 Å². The van der Waals surface area contributed by atoms with Crippen molar-refractivity contribution < 1.29 is 5.21 Å². The van der Waals surface area contributed by atoms with E-state index in [1.54, 1.807) is 0 Å². The SMILES string of the molecule is CCCCN(CC)CCC/C(N)=N/O. The Morgan fingerprint density at radius 2 is 1.93 bits per heavy atom. The Bertz CT molecular complexity index is 159. The zero-order chi connectivity index (χ0) is 10.8. The first-order valence-corrected chi connectivity index (χ1v) is 5.43. The summed E-state index contributed by atoms with van der Waals surface area (Å²) in [4.78, 5) is 2.40. The van der Waals surface area contributed by atoms with Gasteiger partial charge in [0.05, 0.1) is 0 Å². The summed E-state index contributed by atoms with van der Waals surface area (Å²) in [5.74, 6) is 0.330. The number of rotatable bonds is 8. The van der Waals surface area contributed by atoms with Gasteiger partial charge in [-0.1, -0.05) is 25.4 Å². The molecule has 0 rings (SSSR count). The second kappa shape index (κ2) is 8.81. The second-order valence-corrected chi connectivity index (χ2v) is 3.48. The van der Waals surface area contributed by atoms with E-state index >= 15 is 0 Å². The van der Waals surface area contributed by atoms with E-state index in [1.807, 2.05) is 0 Å². The molecule has 0 heterocycles. The van der Waals surface area contributed by atoms with Crippen LogP contribution in [-0.4, -0.2) is 35.6 Å². The van der Waals surface area contributed by atoms with Gasteiger partial charge >= 0.3 is 0 Å². The molecule has 0 aliphatic rings. The predicted octanol–water partition coefficient (Wildman–Crippen LogP) is 1.63. The first-order valence-electron chi connectivity index (χ1n) is 5.43. The average Bonchev–Trinajstić information content (AvgIpc) is 2.22. The fraction of sp³-hybridized carbons (Fsp3) is 0.900. The van der Waals surface area contributed by atoms with Crippen LogP contribution in [0.2, 0.25) is 0 Å². The Labute approximate surface area is 86.8 Å². The Morgan fingerprint density at radius 1 is 1.29 bits per heavy atom. The highest BCUT2D eigenvalue weighted by Crippen LogP contribution is 1.98. The van der Waals surface area contributed by atoms with Crippen LogP contribution < -0.4 is 5.73 Å². The van der Waals surface area contributed by atoms with Gasteiger partial charge in [0.2, 0.25) is 0 Å². The first kappa shape index (κ1) is 13.2. The van der Waals surface area contributed by atoms with E-state index in [2.05, 4.69) is 23.9 Å². The highest BCUT2D eigenvalue weighted by atomic mass is 16.4. The third-order valence-electron chi connectivity index (χ3n) is 2.31. The van der Waals surface area contributed by atoms with E-state index in [4.69, 9.17) is 10.9 Å². The monoisotopic (exact) mass is 201 g/mol. The molecule has 0 unspecified atom stereocenters. The molecule has 0 saturated carbocycles. The summed E-state index contributed by atoms with van der Waals surface area (Å²) in [5, 5.41) is 11.3. The van der Waals surface area contributed by atoms with Crippen LogP contribution in [0.4, 0.5) is 0 Å². The highest BCUT2D eigenvalue weighted by Gasteiger charge is 2.01. The van der Waals surface area contributed by atoms with Gasteiger partial charge in [-0.2, -0.15) is 0 Å². The molecule has 0 radical (unpaired) electrons. The van der Waals surface area contributed by atoms with E-state index in [0.717, 1.165) is 26.1 Å². The molecule has 0 aromatic rings. The Kier molecular flexibility index (Phi) is 8.33. The van der Waals surface area contributed by atoms with E-state index in [-0.39, 0.29) is 0 Å². The van der Waals surface area contributed by atoms with Crippen LogP contribution in [-0.2, 0) is 0 Å². The summed E-state index contributed by atoms with van der Waals surface area (Å²) < 4.78 is 0. The van der Waals surface area contributed by atoms with Crippen LogP contribution in [0.5, 0.6) is 0 Å². The topological polar surface area (TPSA) is 61.8 Å². The largest absolute Gasteiger partial charge is 0.409 e. The molecule has 0 amide bonds. The summed E-state index contributed by atoms with van der Waals surface area (Å²) in [6.45, 7) is 7.63. The zero-order valence-corrected chi connectivity index (χ0v) is 9.37. The number of nitrogens with two attached hydrogens (primary N) is 1. The zero-order valence-electron chi connectivity index (χ0n) is 9.37. The molecule has 0 fully saturated rings. The number of nitrogens with zero attached hydrogens (tertiary/aromatic N) is 2. The van der Waals surface area contributed by atoms with E-state index in [9.17, 15) is 0 Å². The molecular formula is C10H23N3O. The van der Waals surface area contributed by atoms with Gasteiger partial charge in [0.15, 0.2) is 0 Å². The van der Waals surface area contributed by atoms with E-state index < -0.39 is 0 Å². The first-order chi connectivity index (χ1) is 6.74. The van der Waals surface area contributed by atoms with Gasteiger partial charge in [-0.25, -0.2) is 0 Å². The van der Waals surface area contributed by atoms with Crippen molar-refractivity contribution in [1.29, 1.82) is 0 Å². The Balaban J connectivity index is 3.52. The number of hydrogen-bond donors (Lipinski definition) is 2. The molecule has 0 atom stereocenters. The minimum Gasteiger partial charge on any atom is -0.409 e. The van der Waals surface area contributed by atoms with E-state index in [0.29, 0.717) is 12.3 Å². The van der Waals surface area contributed by atoms with Crippen LogP contribution in [0, 0.1) is 0 Å². The molecule has 4 heteroatoms. The lowest BCUT2D eigenvalue weighted by molar-refractivity contribution is 0.280. The van der Waals surface area contributed by atoms with Crippen molar-refractivity contribution in [3.05, 3.63) is 0 Å². The van der Waals surface area contributed by atoms with Crippen molar-refractivity contribution in [2.75, 3.05) is 19.6 Å². The fourth-order valence-electron chi connectivity index (χ4n) is 1.34. The van der Waals surface area contributed by atoms with Crippen LogP contribution in [0.25, 0.3) is 0 Å². The molecule has 0 aliphatic heterocycles. The fourth-order valence-corrected chi connectivity index (χ4v) is 1.34. The van der Waals surface area contributed by atoms with Gasteiger partial charge in [-0.3, -0.25) is 0 Å². The third-order valence-corrected chi connectivity index (χ3v) is 2.31. The van der Waals surface area contributed by atoms with Crippen LogP contribution in [0.3, 0.4) is 0 Å². The normalized spacial score (nSPS) is 12.4. The van der Waals surface area contributed by atoms with Gasteiger partial charge in [0.1, 0.15) is 5.84 Å². The average molecular weight is 201 g/mol. The number of amidine groups is 1. The molecular weight excluding hydrogens is 178 g/mol. The second-order valence-electron chi connectivity index (χ2n) is 3.48. The molecule has 0 aromatic carbocycles. The van der Waals surface area contributed by atoms with Crippen molar-refractivity contribution in [1.82, 2.24) is 4.90 Å². The van der Waals surface area contributed by atoms with Crippen LogP contribution in [0.15, 0.2) is 5.16 Å². The van der Waals surface area contributed by atoms with Gasteiger partial charge in [0.25, 0.3) is 0 Å². The quantitative estimate of drug-likeness (QED) is 0.271. The smallest absolute Gasteiger partial charge is 0.139 e. The van der Waals surface area contributed by atoms with Crippen LogP contribution >= 0.6 is 0 Å². The van der Waals surface area contributed by atoms with Crippen molar-refractivity contribution >= 4 is 5.84 Å². The molecule has 0 saturated heterocycles. The molecule has 14 heavy (non-hydrogen) atoms. The lowest BCUT2D eigenvalue weighted by Crippen LogP contribution is -2.26. The Morgan fingerprint density at radius 3 is 2.43 bits per heavy atom. The predicted molar refractivity (Wildman–Crippen MR) is 59.7 cm³/mol. The van der Waals surface area contributed by atoms with E-state index in [1.165, 1.54) is 12.8 Å². The van der Waals surface area contributed by atoms with Gasteiger partial charge < -0.3 is 15.8 Å². The number of oxime groups is 1. The molecule has 4 nitrogen and oxygen atoms in total. The maximum Gasteiger partial charge on any atom is 0.139 e. The molecule has 84 valence electrons. The highest BCUT2D eigenvalue weighted by molar-refractivity contribution is 5.79. The molecule has 0 aromatic heterocycles. The lowest BCUT2D eigenvalue weighted by atomic mass is 10.2. The minimum atomic E-state index is 0.330. The molecule has 0 bridgehead atoms. The van der Waals surface area contributed by atoms with Gasteiger partial charge in [-0.15, -0.1) is 0 Å². The molecule has 0 aliphatic carbocycles. The Hall–Kier alpha value is -0.770. The van der Waals surface area contributed by atoms with Crippen molar-refractivity contribution in [3.63, 3.8) is 0 Å². The molecule has 3 N–H and O–H groups in total. The summed E-state index contributed by atoms with van der Waals surface area (Å²) in [5.41, 5.74) is 5.38. The van der Waals surface area contributed by atoms with Gasteiger partial charge in [0, 0.05) is 6.42 Å². The summed E-state index contributed by atoms with van der Waals surface area (Å²) >= 11 is 0. The van der Waals surface area contributed by atoms with Crippen LogP contribution in [0.1, 0.15) is 39.5 Å². The third kappa shape index (κ3) is 6.71. The molecule has 0 spiro atoms. The summed E-state index contributed by atoms with van der Waals surface area (Å²) in [7, 11) is 0. The van der Waals surface area contributed by atoms with Crippen molar-refractivity contribution in [3.8, 4) is 0 Å². The standard InChI is InChI=1S/C10H23N3O/c1-3-5-8-13(4-2)9-6-7-10(11)12-14/h14H,3-9H2,1-2H3,(H2,11,12). The maximum atomic E-state index is 8.35. The lowest BCUT2D eigenvalue weighted by Gasteiger charge is -2.19. The minimum absolute atomic E-state index is 0.330. The number of hydrogen-bond acceptors (Lipinski definition) is 3.